The molecular formula is C15H23N7O. The minimum absolute atomic E-state index is 0.0305. The lowest BCUT2D eigenvalue weighted by Crippen LogP contribution is -2.37. The zero-order valence-corrected chi connectivity index (χ0v) is 13.8. The topological polar surface area (TPSA) is 91.9 Å². The van der Waals surface area contributed by atoms with E-state index in [1.54, 1.807) is 0 Å². The van der Waals surface area contributed by atoms with Crippen molar-refractivity contribution in [2.45, 2.75) is 33.2 Å². The minimum Gasteiger partial charge on any atom is -0.378 e. The fraction of sp³-hybridized carbons (Fsp3) is 0.600. The molecule has 0 bridgehead atoms. The monoisotopic (exact) mass is 317 g/mol. The molecule has 124 valence electrons. The SMILES string of the molecule is CCc1cc(NC(C)c2n[nH]c(C)n2)nc(N2CCOCC2)n1. The van der Waals surface area contributed by atoms with Crippen molar-refractivity contribution in [1.82, 2.24) is 25.1 Å². The van der Waals surface area contributed by atoms with E-state index in [9.17, 15) is 0 Å². The number of aromatic amines is 1. The maximum Gasteiger partial charge on any atom is 0.227 e. The molecule has 0 spiro atoms. The van der Waals surface area contributed by atoms with Crippen molar-refractivity contribution in [2.75, 3.05) is 36.5 Å². The van der Waals surface area contributed by atoms with E-state index in [-0.39, 0.29) is 6.04 Å². The van der Waals surface area contributed by atoms with Gasteiger partial charge in [-0.05, 0) is 20.3 Å². The molecule has 1 aliphatic rings. The van der Waals surface area contributed by atoms with Crippen LogP contribution >= 0.6 is 0 Å². The van der Waals surface area contributed by atoms with Crippen LogP contribution in [0.2, 0.25) is 0 Å². The Morgan fingerprint density at radius 2 is 2.09 bits per heavy atom. The average molecular weight is 317 g/mol. The van der Waals surface area contributed by atoms with E-state index in [2.05, 4.69) is 42.3 Å². The zero-order chi connectivity index (χ0) is 16.2. The number of aromatic nitrogens is 5. The first kappa shape index (κ1) is 15.7. The maximum atomic E-state index is 5.40. The molecule has 0 amide bonds. The molecule has 3 heterocycles. The van der Waals surface area contributed by atoms with Crippen molar-refractivity contribution in [3.05, 3.63) is 23.4 Å². The van der Waals surface area contributed by atoms with Gasteiger partial charge in [0.1, 0.15) is 11.6 Å². The van der Waals surface area contributed by atoms with Crippen LogP contribution in [0.3, 0.4) is 0 Å². The highest BCUT2D eigenvalue weighted by atomic mass is 16.5. The number of nitrogens with one attached hydrogen (secondary N) is 2. The van der Waals surface area contributed by atoms with Crippen molar-refractivity contribution in [1.29, 1.82) is 0 Å². The summed E-state index contributed by atoms with van der Waals surface area (Å²) in [6.07, 6.45) is 0.864. The van der Waals surface area contributed by atoms with E-state index in [4.69, 9.17) is 4.74 Å². The summed E-state index contributed by atoms with van der Waals surface area (Å²) in [6, 6.07) is 1.96. The van der Waals surface area contributed by atoms with Crippen LogP contribution in [0.4, 0.5) is 11.8 Å². The Balaban J connectivity index is 1.80. The van der Waals surface area contributed by atoms with Gasteiger partial charge in [-0.15, -0.1) is 0 Å². The number of hydrogen-bond acceptors (Lipinski definition) is 7. The second-order valence-corrected chi connectivity index (χ2v) is 5.64. The van der Waals surface area contributed by atoms with Crippen LogP contribution in [0, 0.1) is 6.92 Å². The third-order valence-corrected chi connectivity index (χ3v) is 3.79. The Morgan fingerprint density at radius 3 is 2.74 bits per heavy atom. The lowest BCUT2D eigenvalue weighted by Gasteiger charge is -2.27. The summed E-state index contributed by atoms with van der Waals surface area (Å²) in [5.41, 5.74) is 1.02. The molecule has 0 aliphatic carbocycles. The molecule has 8 heteroatoms. The van der Waals surface area contributed by atoms with Crippen LogP contribution in [0.5, 0.6) is 0 Å². The predicted molar refractivity (Wildman–Crippen MR) is 87.6 cm³/mol. The molecule has 2 aromatic rings. The number of ether oxygens (including phenoxy) is 1. The van der Waals surface area contributed by atoms with Crippen LogP contribution in [0.25, 0.3) is 0 Å². The van der Waals surface area contributed by atoms with Crippen LogP contribution < -0.4 is 10.2 Å². The Labute approximate surface area is 135 Å². The Morgan fingerprint density at radius 1 is 1.30 bits per heavy atom. The van der Waals surface area contributed by atoms with E-state index < -0.39 is 0 Å². The molecule has 1 saturated heterocycles. The quantitative estimate of drug-likeness (QED) is 0.863. The predicted octanol–water partition coefficient (Wildman–Crippen LogP) is 1.48. The van der Waals surface area contributed by atoms with Crippen molar-refractivity contribution < 1.29 is 4.74 Å². The van der Waals surface area contributed by atoms with Crippen molar-refractivity contribution in [3.8, 4) is 0 Å². The molecule has 8 nitrogen and oxygen atoms in total. The van der Waals surface area contributed by atoms with Crippen LogP contribution in [0.15, 0.2) is 6.07 Å². The molecular weight excluding hydrogens is 294 g/mol. The van der Waals surface area contributed by atoms with Crippen LogP contribution in [-0.4, -0.2) is 51.5 Å². The molecule has 2 N–H and O–H groups in total. The summed E-state index contributed by atoms with van der Waals surface area (Å²) in [5.74, 6) is 3.09. The van der Waals surface area contributed by atoms with Gasteiger partial charge in [-0.3, -0.25) is 5.10 Å². The number of morpholine rings is 1. The van der Waals surface area contributed by atoms with Gasteiger partial charge in [-0.25, -0.2) is 9.97 Å². The van der Waals surface area contributed by atoms with Gasteiger partial charge < -0.3 is 15.0 Å². The molecule has 1 aliphatic heterocycles. The number of hydrogen-bond donors (Lipinski definition) is 2. The summed E-state index contributed by atoms with van der Waals surface area (Å²) >= 11 is 0. The second-order valence-electron chi connectivity index (χ2n) is 5.64. The summed E-state index contributed by atoms with van der Waals surface area (Å²) in [4.78, 5) is 15.8. The molecule has 0 saturated carbocycles. The zero-order valence-electron chi connectivity index (χ0n) is 13.8. The summed E-state index contributed by atoms with van der Waals surface area (Å²) in [7, 11) is 0. The van der Waals surface area contributed by atoms with E-state index in [0.29, 0.717) is 0 Å². The Bertz CT molecular complexity index is 651. The number of nitrogens with zero attached hydrogens (tertiary/aromatic N) is 5. The first-order chi connectivity index (χ1) is 11.2. The fourth-order valence-corrected chi connectivity index (χ4v) is 2.48. The normalized spacial score (nSPS) is 16.4. The summed E-state index contributed by atoms with van der Waals surface area (Å²) in [5, 5.41) is 10.4. The molecule has 0 radical (unpaired) electrons. The maximum absolute atomic E-state index is 5.40. The largest absolute Gasteiger partial charge is 0.378 e. The smallest absolute Gasteiger partial charge is 0.227 e. The highest BCUT2D eigenvalue weighted by molar-refractivity contribution is 5.45. The van der Waals surface area contributed by atoms with Gasteiger partial charge >= 0.3 is 0 Å². The van der Waals surface area contributed by atoms with Gasteiger partial charge in [0.05, 0.1) is 19.3 Å². The lowest BCUT2D eigenvalue weighted by molar-refractivity contribution is 0.122. The first-order valence-electron chi connectivity index (χ1n) is 8.01. The highest BCUT2D eigenvalue weighted by Gasteiger charge is 2.17. The molecule has 23 heavy (non-hydrogen) atoms. The van der Waals surface area contributed by atoms with E-state index in [0.717, 1.165) is 61.8 Å². The fourth-order valence-electron chi connectivity index (χ4n) is 2.48. The molecule has 2 aromatic heterocycles. The van der Waals surface area contributed by atoms with E-state index in [1.807, 2.05) is 19.9 Å². The molecule has 0 aromatic carbocycles. The van der Waals surface area contributed by atoms with Gasteiger partial charge in [0.2, 0.25) is 5.95 Å². The summed E-state index contributed by atoms with van der Waals surface area (Å²) < 4.78 is 5.40. The molecule has 1 atom stereocenters. The molecule has 3 rings (SSSR count). The van der Waals surface area contributed by atoms with Crippen molar-refractivity contribution in [2.24, 2.45) is 0 Å². The number of H-pyrrole nitrogens is 1. The second kappa shape index (κ2) is 6.91. The highest BCUT2D eigenvalue weighted by Crippen LogP contribution is 2.19. The van der Waals surface area contributed by atoms with Gasteiger partial charge in [0.15, 0.2) is 5.82 Å². The van der Waals surface area contributed by atoms with E-state index in [1.165, 1.54) is 0 Å². The molecule has 1 fully saturated rings. The number of anilines is 2. The third-order valence-electron chi connectivity index (χ3n) is 3.79. The average Bonchev–Trinajstić information content (AvgIpc) is 3.02. The number of aryl methyl sites for hydroxylation is 2. The van der Waals surface area contributed by atoms with Crippen LogP contribution in [0.1, 0.15) is 37.2 Å². The van der Waals surface area contributed by atoms with Gasteiger partial charge in [-0.1, -0.05) is 6.92 Å². The van der Waals surface area contributed by atoms with Crippen molar-refractivity contribution in [3.63, 3.8) is 0 Å². The first-order valence-corrected chi connectivity index (χ1v) is 8.01. The number of rotatable bonds is 5. The van der Waals surface area contributed by atoms with Crippen molar-refractivity contribution >= 4 is 11.8 Å². The molecule has 1 unspecified atom stereocenters. The standard InChI is InChI=1S/C15H23N7O/c1-4-12-9-13(16-10(2)14-17-11(3)20-21-14)19-15(18-12)22-5-7-23-8-6-22/h9-10H,4-8H2,1-3H3,(H,16,18,19)(H,17,20,21). The van der Waals surface area contributed by atoms with E-state index >= 15 is 0 Å². The summed E-state index contributed by atoms with van der Waals surface area (Å²) in [6.45, 7) is 9.08. The van der Waals surface area contributed by atoms with Gasteiger partial charge in [0, 0.05) is 24.8 Å². The Hall–Kier alpha value is -2.22. The van der Waals surface area contributed by atoms with Gasteiger partial charge in [-0.2, -0.15) is 10.1 Å². The van der Waals surface area contributed by atoms with Crippen LogP contribution in [-0.2, 0) is 11.2 Å². The lowest BCUT2D eigenvalue weighted by atomic mass is 10.3. The minimum atomic E-state index is -0.0305. The Kier molecular flexibility index (Phi) is 4.71. The third kappa shape index (κ3) is 3.76. The van der Waals surface area contributed by atoms with Gasteiger partial charge in [0.25, 0.3) is 0 Å².